The number of nitrogens with one attached hydrogen (secondary N) is 2. The number of nitrogens with zero attached hydrogens (tertiary/aromatic N) is 2. The molecule has 14 heteroatoms. The highest BCUT2D eigenvalue weighted by molar-refractivity contribution is 7.87. The highest BCUT2D eigenvalue weighted by Gasteiger charge is 2.33. The molecule has 4 atom stereocenters. The van der Waals surface area contributed by atoms with Crippen LogP contribution in [0.3, 0.4) is 0 Å². The first-order valence-electron chi connectivity index (χ1n) is 8.56. The Balaban J connectivity index is 2.15. The molecule has 1 aliphatic carbocycles. The van der Waals surface area contributed by atoms with Crippen molar-refractivity contribution in [3.63, 3.8) is 0 Å². The molecule has 1 heterocycles. The van der Waals surface area contributed by atoms with Gasteiger partial charge in [-0.05, 0) is 19.3 Å². The van der Waals surface area contributed by atoms with E-state index in [1.54, 1.807) is 4.72 Å². The van der Waals surface area contributed by atoms with E-state index < -0.39 is 52.7 Å². The average molecular weight is 420 g/mol. The molecule has 158 valence electrons. The molecule has 13 nitrogen and oxygen atoms in total. The van der Waals surface area contributed by atoms with Gasteiger partial charge in [-0.15, -0.1) is 10.2 Å². The molecule has 1 unspecified atom stereocenters. The topological polar surface area (TPSA) is 224 Å². The fourth-order valence-electron chi connectivity index (χ4n) is 2.47. The van der Waals surface area contributed by atoms with Crippen LogP contribution < -0.4 is 20.9 Å². The minimum Gasteiger partial charge on any atom is -0.480 e. The lowest BCUT2D eigenvalue weighted by atomic mass is 10.1. The molecule has 28 heavy (non-hydrogen) atoms. The Kier molecular flexibility index (Phi) is 7.06. The summed E-state index contributed by atoms with van der Waals surface area (Å²) in [6, 6.07) is -3.67. The lowest BCUT2D eigenvalue weighted by molar-refractivity contribution is -0.141. The number of carbonyl (C=O) groups excluding carboxylic acids is 1. The maximum absolute atomic E-state index is 12.2. The van der Waals surface area contributed by atoms with Gasteiger partial charge in [-0.1, -0.05) is 12.8 Å². The number of hydrogen-bond donors (Lipinski definition) is 6. The third-order valence-corrected chi connectivity index (χ3v) is 5.25. The van der Waals surface area contributed by atoms with Gasteiger partial charge < -0.3 is 26.1 Å². The zero-order valence-electron chi connectivity index (χ0n) is 15.1. The van der Waals surface area contributed by atoms with Gasteiger partial charge in [-0.25, -0.2) is 0 Å². The van der Waals surface area contributed by atoms with Crippen LogP contribution in [0.1, 0.15) is 56.5 Å². The molecule has 0 aromatic carbocycles. The number of carboxylic acids is 1. The average Bonchev–Trinajstić information content (AvgIpc) is 3.22. The number of aliphatic hydroxyl groups is 1. The second-order valence-electron chi connectivity index (χ2n) is 6.78. The first-order valence-corrected chi connectivity index (χ1v) is 10.0. The van der Waals surface area contributed by atoms with E-state index in [1.807, 2.05) is 4.72 Å². The lowest BCUT2D eigenvalue weighted by Crippen LogP contribution is -2.52. The molecular weight excluding hydrogens is 396 g/mol. The maximum atomic E-state index is 12.2. The van der Waals surface area contributed by atoms with Gasteiger partial charge in [0.1, 0.15) is 12.1 Å². The van der Waals surface area contributed by atoms with Crippen LogP contribution in [0.15, 0.2) is 4.42 Å². The summed E-state index contributed by atoms with van der Waals surface area (Å²) in [4.78, 5) is 22.4. The van der Waals surface area contributed by atoms with Crippen LogP contribution in [0.25, 0.3) is 0 Å². The number of aliphatic hydroxyl groups excluding tert-OH is 1. The fourth-order valence-corrected chi connectivity index (χ4v) is 3.73. The van der Waals surface area contributed by atoms with Crippen molar-refractivity contribution in [3.8, 4) is 0 Å². The summed E-state index contributed by atoms with van der Waals surface area (Å²) in [5.74, 6) is -2.11. The minimum atomic E-state index is -4.49. The van der Waals surface area contributed by atoms with Crippen molar-refractivity contribution in [2.75, 3.05) is 0 Å². The lowest BCUT2D eigenvalue weighted by Gasteiger charge is -2.19. The Hall–Kier alpha value is -2.13. The summed E-state index contributed by atoms with van der Waals surface area (Å²) in [7, 11) is -4.49. The Morgan fingerprint density at radius 2 is 1.89 bits per heavy atom. The third kappa shape index (κ3) is 6.49. The zero-order chi connectivity index (χ0) is 21.1. The largest absolute Gasteiger partial charge is 0.480 e. The first kappa shape index (κ1) is 22.2. The summed E-state index contributed by atoms with van der Waals surface area (Å²) >= 11 is 0. The van der Waals surface area contributed by atoms with Gasteiger partial charge in [0.25, 0.3) is 10.2 Å². The number of nitrogens with two attached hydrogens (primary N) is 2. The van der Waals surface area contributed by atoms with E-state index >= 15 is 0 Å². The molecule has 1 aliphatic rings. The predicted molar refractivity (Wildman–Crippen MR) is 93.4 cm³/mol. The predicted octanol–water partition coefficient (Wildman–Crippen LogP) is -1.96. The van der Waals surface area contributed by atoms with Crippen molar-refractivity contribution < 1.29 is 32.6 Å². The van der Waals surface area contributed by atoms with E-state index in [4.69, 9.17) is 21.0 Å². The molecular formula is C14H24N6O7S. The summed E-state index contributed by atoms with van der Waals surface area (Å²) < 4.78 is 33.7. The van der Waals surface area contributed by atoms with Crippen LogP contribution in [0, 0.1) is 5.92 Å². The van der Waals surface area contributed by atoms with Crippen LogP contribution in [-0.2, 0) is 19.8 Å². The van der Waals surface area contributed by atoms with Crippen molar-refractivity contribution in [3.05, 3.63) is 11.8 Å². The molecule has 0 spiro atoms. The monoisotopic (exact) mass is 420 g/mol. The summed E-state index contributed by atoms with van der Waals surface area (Å²) in [5, 5.41) is 25.9. The highest BCUT2D eigenvalue weighted by atomic mass is 32.2. The van der Waals surface area contributed by atoms with Crippen LogP contribution >= 0.6 is 0 Å². The summed E-state index contributed by atoms with van der Waals surface area (Å²) in [6.45, 7) is 1.10. The normalized spacial score (nSPS) is 19.0. The van der Waals surface area contributed by atoms with Gasteiger partial charge in [0.2, 0.25) is 17.7 Å². The number of aromatic nitrogens is 2. The van der Waals surface area contributed by atoms with Gasteiger partial charge in [-0.3, -0.25) is 9.59 Å². The minimum absolute atomic E-state index is 0.0934. The molecule has 8 N–H and O–H groups in total. The Morgan fingerprint density at radius 1 is 1.29 bits per heavy atom. The van der Waals surface area contributed by atoms with Gasteiger partial charge in [-0.2, -0.15) is 17.9 Å². The third-order valence-electron chi connectivity index (χ3n) is 4.09. The number of primary amides is 1. The second kappa shape index (κ2) is 8.91. The Bertz CT molecular complexity index is 807. The van der Waals surface area contributed by atoms with Gasteiger partial charge >= 0.3 is 5.97 Å². The number of carboxylic acid groups (broad SMARTS) is 1. The fraction of sp³-hybridized carbons (Fsp3) is 0.714. The van der Waals surface area contributed by atoms with E-state index in [0.29, 0.717) is 12.3 Å². The van der Waals surface area contributed by atoms with Crippen LogP contribution in [0.4, 0.5) is 0 Å². The molecule has 0 aliphatic heterocycles. The number of hydrogen-bond acceptors (Lipinski definition) is 9. The summed E-state index contributed by atoms with van der Waals surface area (Å²) in [5.41, 5.74) is 11.1. The van der Waals surface area contributed by atoms with Crippen molar-refractivity contribution in [2.45, 2.75) is 56.8 Å². The number of rotatable bonds is 12. The smallest absolute Gasteiger partial charge is 0.324 e. The van der Waals surface area contributed by atoms with E-state index in [2.05, 4.69) is 10.2 Å². The summed E-state index contributed by atoms with van der Waals surface area (Å²) in [6.07, 6.45) is 0.743. The number of amides is 1. The van der Waals surface area contributed by atoms with E-state index in [0.717, 1.165) is 19.8 Å². The standard InChI is InChI=1S/C14H24N6O7S/c1-6(21)11(14(23)24)20-28(25,26)19-9(5-10(16)22)13-18-17-12(27-13)8(15)4-7-2-3-7/h6-9,11,19-21H,2-5,15H2,1H3,(H2,16,22)(H,23,24)/t6?,8-,9-,11-/m0/s1. The van der Waals surface area contributed by atoms with Crippen LogP contribution in [-0.4, -0.2) is 52.9 Å². The first-order chi connectivity index (χ1) is 13.0. The van der Waals surface area contributed by atoms with E-state index in [-0.39, 0.29) is 11.8 Å². The SMILES string of the molecule is CC(O)[C@H](NS(=O)(=O)N[C@@H](CC(N)=O)c1nnc([C@@H](N)CC2CC2)o1)C(=O)O. The quantitative estimate of drug-likeness (QED) is 0.219. The van der Waals surface area contributed by atoms with E-state index in [1.165, 1.54) is 0 Å². The Morgan fingerprint density at radius 3 is 2.39 bits per heavy atom. The molecule has 1 amide bonds. The van der Waals surface area contributed by atoms with Crippen LogP contribution in [0.2, 0.25) is 0 Å². The van der Waals surface area contributed by atoms with Crippen molar-refractivity contribution in [1.82, 2.24) is 19.6 Å². The molecule has 0 bridgehead atoms. The molecule has 0 radical (unpaired) electrons. The van der Waals surface area contributed by atoms with E-state index in [9.17, 15) is 23.1 Å². The molecule has 2 rings (SSSR count). The highest BCUT2D eigenvalue weighted by Crippen LogP contribution is 2.36. The molecule has 1 fully saturated rings. The van der Waals surface area contributed by atoms with Gasteiger partial charge in [0, 0.05) is 0 Å². The van der Waals surface area contributed by atoms with Crippen molar-refractivity contribution >= 4 is 22.1 Å². The second-order valence-corrected chi connectivity index (χ2v) is 8.26. The van der Waals surface area contributed by atoms with Crippen molar-refractivity contribution in [1.29, 1.82) is 0 Å². The van der Waals surface area contributed by atoms with Crippen LogP contribution in [0.5, 0.6) is 0 Å². The molecule has 1 saturated carbocycles. The zero-order valence-corrected chi connectivity index (χ0v) is 15.9. The number of aliphatic carboxylic acids is 1. The van der Waals surface area contributed by atoms with Gasteiger partial charge in [0.05, 0.1) is 18.6 Å². The number of carbonyl (C=O) groups is 2. The van der Waals surface area contributed by atoms with Gasteiger partial charge in [0.15, 0.2) is 0 Å². The molecule has 1 aromatic rings. The maximum Gasteiger partial charge on any atom is 0.324 e. The molecule has 0 saturated heterocycles. The molecule has 1 aromatic heterocycles. The van der Waals surface area contributed by atoms with Crippen molar-refractivity contribution in [2.24, 2.45) is 17.4 Å². The Labute approximate surface area is 161 Å².